The highest BCUT2D eigenvalue weighted by molar-refractivity contribution is 8.13. The molecule has 3 N–H and O–H groups in total. The Kier molecular flexibility index (Phi) is 3.84. The van der Waals surface area contributed by atoms with Crippen LogP contribution in [0.3, 0.4) is 0 Å². The van der Waals surface area contributed by atoms with Gasteiger partial charge in [0.25, 0.3) is 0 Å². The fourth-order valence-electron chi connectivity index (χ4n) is 1.60. The van der Waals surface area contributed by atoms with Crippen molar-refractivity contribution in [3.8, 4) is 5.75 Å². The first-order valence-corrected chi connectivity index (χ1v) is 6.56. The summed E-state index contributed by atoms with van der Waals surface area (Å²) in [5.74, 6) is 0.176. The Morgan fingerprint density at radius 3 is 2.83 bits per heavy atom. The van der Waals surface area contributed by atoms with E-state index in [4.69, 9.17) is 5.73 Å². The van der Waals surface area contributed by atoms with E-state index in [0.29, 0.717) is 10.7 Å². The van der Waals surface area contributed by atoms with E-state index in [9.17, 15) is 5.11 Å². The van der Waals surface area contributed by atoms with Gasteiger partial charge in [-0.1, -0.05) is 42.1 Å². The molecule has 0 heterocycles. The van der Waals surface area contributed by atoms with E-state index in [1.54, 1.807) is 6.07 Å². The van der Waals surface area contributed by atoms with Crippen LogP contribution in [-0.4, -0.2) is 22.7 Å². The quantitative estimate of drug-likeness (QED) is 0.494. The maximum absolute atomic E-state index is 9.85. The second-order valence-electron chi connectivity index (χ2n) is 3.61. The Labute approximate surface area is 109 Å². The first-order valence-electron chi connectivity index (χ1n) is 5.33. The summed E-state index contributed by atoms with van der Waals surface area (Å²) in [6.45, 7) is 0. The van der Waals surface area contributed by atoms with Gasteiger partial charge in [0.2, 0.25) is 0 Å². The molecule has 2 aromatic rings. The SMILES string of the molecule is CSC(N)=N/N=C\c1c(O)ccc2ccccc12. The number of amidine groups is 1. The van der Waals surface area contributed by atoms with E-state index >= 15 is 0 Å². The number of aromatic hydroxyl groups is 1. The van der Waals surface area contributed by atoms with E-state index in [1.807, 2.05) is 36.6 Å². The summed E-state index contributed by atoms with van der Waals surface area (Å²) in [5.41, 5.74) is 6.17. The van der Waals surface area contributed by atoms with Crippen molar-refractivity contribution in [2.75, 3.05) is 6.26 Å². The minimum atomic E-state index is 0.176. The van der Waals surface area contributed by atoms with Gasteiger partial charge in [-0.3, -0.25) is 0 Å². The third-order valence-electron chi connectivity index (χ3n) is 2.50. The van der Waals surface area contributed by atoms with Gasteiger partial charge in [-0.05, 0) is 23.1 Å². The number of hydrogen-bond acceptors (Lipinski definition) is 4. The van der Waals surface area contributed by atoms with Crippen LogP contribution in [0.15, 0.2) is 46.6 Å². The molecule has 0 aliphatic rings. The van der Waals surface area contributed by atoms with Crippen LogP contribution in [0.1, 0.15) is 5.56 Å². The Bertz CT molecular complexity index is 623. The Morgan fingerprint density at radius 2 is 2.06 bits per heavy atom. The predicted octanol–water partition coefficient (Wildman–Crippen LogP) is 2.56. The molecule has 2 aromatic carbocycles. The number of thioether (sulfide) groups is 1. The molecule has 0 radical (unpaired) electrons. The molecule has 0 bridgehead atoms. The predicted molar refractivity (Wildman–Crippen MR) is 78.3 cm³/mol. The summed E-state index contributed by atoms with van der Waals surface area (Å²) in [4.78, 5) is 0. The van der Waals surface area contributed by atoms with Crippen LogP contribution in [-0.2, 0) is 0 Å². The fraction of sp³-hybridized carbons (Fsp3) is 0.0769. The zero-order valence-corrected chi connectivity index (χ0v) is 10.7. The molecular formula is C13H13N3OS. The van der Waals surface area contributed by atoms with E-state index in [1.165, 1.54) is 18.0 Å². The van der Waals surface area contributed by atoms with Crippen LogP contribution >= 0.6 is 11.8 Å². The zero-order valence-electron chi connectivity index (χ0n) is 9.87. The Hall–Kier alpha value is -2.01. The minimum Gasteiger partial charge on any atom is -0.507 e. The van der Waals surface area contributed by atoms with Gasteiger partial charge in [0.1, 0.15) is 5.75 Å². The number of benzene rings is 2. The molecule has 0 saturated heterocycles. The highest BCUT2D eigenvalue weighted by Crippen LogP contribution is 2.25. The number of nitrogens with zero attached hydrogens (tertiary/aromatic N) is 2. The van der Waals surface area contributed by atoms with Crippen molar-refractivity contribution >= 4 is 33.9 Å². The molecule has 0 amide bonds. The molecule has 0 spiro atoms. The van der Waals surface area contributed by atoms with Crippen LogP contribution in [0.25, 0.3) is 10.8 Å². The lowest BCUT2D eigenvalue weighted by atomic mass is 10.0. The molecule has 2 rings (SSSR count). The van der Waals surface area contributed by atoms with Crippen molar-refractivity contribution in [1.29, 1.82) is 0 Å². The molecule has 0 atom stereocenters. The highest BCUT2D eigenvalue weighted by Gasteiger charge is 2.03. The molecule has 0 aliphatic carbocycles. The number of phenolic OH excluding ortho intramolecular Hbond substituents is 1. The van der Waals surface area contributed by atoms with E-state index < -0.39 is 0 Å². The van der Waals surface area contributed by atoms with Gasteiger partial charge in [0.15, 0.2) is 5.17 Å². The standard InChI is InChI=1S/C13H13N3OS/c1-18-13(14)16-15-8-11-10-5-3-2-4-9(10)6-7-12(11)17/h2-8,17H,1H3,(H2,14,16)/b15-8-. The Morgan fingerprint density at radius 1 is 1.28 bits per heavy atom. The third-order valence-corrected chi connectivity index (χ3v) is 3.00. The lowest BCUT2D eigenvalue weighted by molar-refractivity contribution is 0.475. The number of nitrogens with two attached hydrogens (primary N) is 1. The van der Waals surface area contributed by atoms with Crippen LogP contribution in [0, 0.1) is 0 Å². The second-order valence-corrected chi connectivity index (χ2v) is 4.43. The largest absolute Gasteiger partial charge is 0.507 e. The van der Waals surface area contributed by atoms with Crippen LogP contribution in [0.4, 0.5) is 0 Å². The molecule has 0 aromatic heterocycles. The number of fused-ring (bicyclic) bond motifs is 1. The smallest absolute Gasteiger partial charge is 0.180 e. The van der Waals surface area contributed by atoms with Crippen molar-refractivity contribution < 1.29 is 5.11 Å². The van der Waals surface area contributed by atoms with E-state index in [-0.39, 0.29) is 5.75 Å². The minimum absolute atomic E-state index is 0.176. The monoisotopic (exact) mass is 259 g/mol. The van der Waals surface area contributed by atoms with Crippen LogP contribution in [0.2, 0.25) is 0 Å². The topological polar surface area (TPSA) is 71.0 Å². The van der Waals surface area contributed by atoms with Crippen LogP contribution in [0.5, 0.6) is 5.75 Å². The maximum Gasteiger partial charge on any atom is 0.180 e. The lowest BCUT2D eigenvalue weighted by Gasteiger charge is -2.03. The van der Waals surface area contributed by atoms with Gasteiger partial charge >= 0.3 is 0 Å². The number of phenols is 1. The number of rotatable bonds is 2. The van der Waals surface area contributed by atoms with Gasteiger partial charge in [-0.2, -0.15) is 5.10 Å². The van der Waals surface area contributed by atoms with Gasteiger partial charge in [-0.15, -0.1) is 5.10 Å². The van der Waals surface area contributed by atoms with Crippen LogP contribution < -0.4 is 5.73 Å². The first-order chi connectivity index (χ1) is 8.72. The Balaban J connectivity index is 2.47. The van der Waals surface area contributed by atoms with Gasteiger partial charge in [0, 0.05) is 5.56 Å². The third kappa shape index (κ3) is 2.62. The summed E-state index contributed by atoms with van der Waals surface area (Å²) in [5, 5.41) is 19.9. The molecule has 0 aliphatic heterocycles. The molecule has 0 unspecified atom stereocenters. The molecule has 18 heavy (non-hydrogen) atoms. The van der Waals surface area contributed by atoms with E-state index in [0.717, 1.165) is 10.8 Å². The lowest BCUT2D eigenvalue weighted by Crippen LogP contribution is -2.03. The average Bonchev–Trinajstić information content (AvgIpc) is 2.41. The first kappa shape index (κ1) is 12.4. The van der Waals surface area contributed by atoms with Gasteiger partial charge in [-0.25, -0.2) is 0 Å². The second kappa shape index (κ2) is 5.55. The summed E-state index contributed by atoms with van der Waals surface area (Å²) in [6.07, 6.45) is 3.34. The molecular weight excluding hydrogens is 246 g/mol. The summed E-state index contributed by atoms with van der Waals surface area (Å²) in [6, 6.07) is 11.3. The van der Waals surface area contributed by atoms with Crippen molar-refractivity contribution in [3.63, 3.8) is 0 Å². The molecule has 92 valence electrons. The molecule has 0 fully saturated rings. The molecule has 4 nitrogen and oxygen atoms in total. The van der Waals surface area contributed by atoms with Gasteiger partial charge in [0.05, 0.1) is 6.21 Å². The van der Waals surface area contributed by atoms with Crippen molar-refractivity contribution in [2.45, 2.75) is 0 Å². The highest BCUT2D eigenvalue weighted by atomic mass is 32.2. The fourth-order valence-corrected chi connectivity index (χ4v) is 1.73. The molecule has 0 saturated carbocycles. The summed E-state index contributed by atoms with van der Waals surface area (Å²) < 4.78 is 0. The van der Waals surface area contributed by atoms with Crippen molar-refractivity contribution in [2.24, 2.45) is 15.9 Å². The summed E-state index contributed by atoms with van der Waals surface area (Å²) in [7, 11) is 0. The normalized spacial score (nSPS) is 12.4. The zero-order chi connectivity index (χ0) is 13.0. The average molecular weight is 259 g/mol. The van der Waals surface area contributed by atoms with Crippen molar-refractivity contribution in [3.05, 3.63) is 42.0 Å². The van der Waals surface area contributed by atoms with Gasteiger partial charge < -0.3 is 10.8 Å². The number of hydrogen-bond donors (Lipinski definition) is 2. The summed E-state index contributed by atoms with van der Waals surface area (Å²) >= 11 is 1.32. The van der Waals surface area contributed by atoms with E-state index in [2.05, 4.69) is 10.2 Å². The maximum atomic E-state index is 9.85. The molecule has 5 heteroatoms. The van der Waals surface area contributed by atoms with Crippen molar-refractivity contribution in [1.82, 2.24) is 0 Å².